The van der Waals surface area contributed by atoms with Gasteiger partial charge in [0.1, 0.15) is 22.3 Å². The molecule has 1 aromatic heterocycles. The first kappa shape index (κ1) is 15.4. The van der Waals surface area contributed by atoms with E-state index in [-0.39, 0.29) is 11.4 Å². The van der Waals surface area contributed by atoms with Crippen molar-refractivity contribution in [2.45, 2.75) is 17.6 Å². The molecule has 1 unspecified atom stereocenters. The van der Waals surface area contributed by atoms with Crippen molar-refractivity contribution in [3.05, 3.63) is 47.3 Å². The number of pyridine rings is 1. The van der Waals surface area contributed by atoms with Gasteiger partial charge in [0, 0.05) is 23.5 Å². The molecule has 1 aromatic carbocycles. The monoisotopic (exact) mass is 312 g/mol. The first-order chi connectivity index (χ1) is 9.90. The Morgan fingerprint density at radius 2 is 1.86 bits per heavy atom. The molecule has 0 amide bonds. The largest absolute Gasteiger partial charge is 0.497 e. The van der Waals surface area contributed by atoms with Gasteiger partial charge in [0.05, 0.1) is 29.4 Å². The number of aromatic nitrogens is 1. The lowest BCUT2D eigenvalue weighted by molar-refractivity contribution is 0.413. The van der Waals surface area contributed by atoms with Gasteiger partial charge in [-0.15, -0.1) is 0 Å². The molecule has 2 N–H and O–H groups in total. The summed E-state index contributed by atoms with van der Waals surface area (Å²) in [5.41, 5.74) is 6.37. The predicted molar refractivity (Wildman–Crippen MR) is 76.4 cm³/mol. The van der Waals surface area contributed by atoms with Crippen molar-refractivity contribution >= 4 is 16.5 Å². The first-order valence-corrected chi connectivity index (χ1v) is 7.37. The van der Waals surface area contributed by atoms with Gasteiger partial charge in [0.2, 0.25) is 0 Å². The quantitative estimate of drug-likeness (QED) is 0.881. The third-order valence-electron chi connectivity index (χ3n) is 2.74. The van der Waals surface area contributed by atoms with Crippen molar-refractivity contribution in [3.8, 4) is 5.75 Å². The van der Waals surface area contributed by atoms with E-state index < -0.39 is 27.3 Å². The van der Waals surface area contributed by atoms with E-state index in [9.17, 15) is 13.0 Å². The number of hydrogen-bond acceptors (Lipinski definition) is 4. The number of nitrogen functional groups attached to an aromatic ring is 1. The van der Waals surface area contributed by atoms with E-state index >= 15 is 0 Å². The summed E-state index contributed by atoms with van der Waals surface area (Å²) in [7, 11) is -0.413. The SMILES string of the molecule is COc1cc(C)nc(CS(=O)c2c(F)cc(N)cc2F)c1. The number of benzene rings is 1. The van der Waals surface area contributed by atoms with Crippen LogP contribution in [0.5, 0.6) is 5.75 Å². The number of ether oxygens (including phenoxy) is 1. The topological polar surface area (TPSA) is 65.2 Å². The molecular formula is C14H14F2N2O2S. The maximum Gasteiger partial charge on any atom is 0.144 e. The molecule has 0 aliphatic heterocycles. The second kappa shape index (κ2) is 6.17. The van der Waals surface area contributed by atoms with E-state index in [0.29, 0.717) is 17.1 Å². The molecule has 0 bridgehead atoms. The minimum Gasteiger partial charge on any atom is -0.497 e. The summed E-state index contributed by atoms with van der Waals surface area (Å²) in [5.74, 6) is -1.42. The molecule has 0 saturated carbocycles. The minimum absolute atomic E-state index is 0.0545. The Hall–Kier alpha value is -2.02. The molecule has 1 heterocycles. The van der Waals surface area contributed by atoms with Gasteiger partial charge < -0.3 is 10.5 Å². The summed E-state index contributed by atoms with van der Waals surface area (Å²) in [5, 5.41) is 0. The van der Waals surface area contributed by atoms with Gasteiger partial charge in [-0.1, -0.05) is 0 Å². The Morgan fingerprint density at radius 1 is 1.24 bits per heavy atom. The Balaban J connectivity index is 2.32. The number of rotatable bonds is 4. The molecule has 4 nitrogen and oxygen atoms in total. The molecule has 2 aromatic rings. The molecule has 112 valence electrons. The standard InChI is InChI=1S/C14H14F2N2O2S/c1-8-3-11(20-2)6-10(18-8)7-21(19)14-12(15)4-9(17)5-13(14)16/h3-6H,7,17H2,1-2H3. The molecule has 1 atom stereocenters. The molecule has 0 aliphatic carbocycles. The van der Waals surface area contributed by atoms with Crippen molar-refractivity contribution < 1.29 is 17.7 Å². The highest BCUT2D eigenvalue weighted by Gasteiger charge is 2.18. The van der Waals surface area contributed by atoms with Gasteiger partial charge in [0.15, 0.2) is 0 Å². The van der Waals surface area contributed by atoms with Crippen molar-refractivity contribution in [3.63, 3.8) is 0 Å². The molecule has 2 rings (SSSR count). The maximum atomic E-state index is 13.7. The van der Waals surface area contributed by atoms with Gasteiger partial charge in [-0.05, 0) is 19.1 Å². The van der Waals surface area contributed by atoms with Crippen LogP contribution in [-0.2, 0) is 16.6 Å². The van der Waals surface area contributed by atoms with E-state index in [1.165, 1.54) is 7.11 Å². The zero-order valence-electron chi connectivity index (χ0n) is 11.5. The fraction of sp³-hybridized carbons (Fsp3) is 0.214. The lowest BCUT2D eigenvalue weighted by atomic mass is 10.3. The molecule has 0 aliphatic rings. The number of methoxy groups -OCH3 is 1. The molecule has 21 heavy (non-hydrogen) atoms. The van der Waals surface area contributed by atoms with Crippen LogP contribution in [0, 0.1) is 18.6 Å². The minimum atomic E-state index is -1.91. The fourth-order valence-corrected chi connectivity index (χ4v) is 3.01. The summed E-state index contributed by atoms with van der Waals surface area (Å²) < 4.78 is 44.7. The highest BCUT2D eigenvalue weighted by molar-refractivity contribution is 7.84. The normalized spacial score (nSPS) is 12.2. The van der Waals surface area contributed by atoms with Crippen LogP contribution in [0.4, 0.5) is 14.5 Å². The van der Waals surface area contributed by atoms with E-state index in [2.05, 4.69) is 4.98 Å². The Morgan fingerprint density at radius 3 is 2.43 bits per heavy atom. The van der Waals surface area contributed by atoms with Crippen LogP contribution in [0.1, 0.15) is 11.4 Å². The molecule has 7 heteroatoms. The average molecular weight is 312 g/mol. The van der Waals surface area contributed by atoms with Gasteiger partial charge >= 0.3 is 0 Å². The highest BCUT2D eigenvalue weighted by atomic mass is 32.2. The lowest BCUT2D eigenvalue weighted by Crippen LogP contribution is -2.06. The van der Waals surface area contributed by atoms with Crippen LogP contribution in [-0.4, -0.2) is 16.3 Å². The van der Waals surface area contributed by atoms with Crippen molar-refractivity contribution in [2.24, 2.45) is 0 Å². The Kier molecular flexibility index (Phi) is 4.52. The number of aryl methyl sites for hydroxylation is 1. The average Bonchev–Trinajstić information content (AvgIpc) is 2.36. The number of halogens is 2. The second-order valence-corrected chi connectivity index (χ2v) is 5.83. The second-order valence-electron chi connectivity index (χ2n) is 4.44. The Labute approximate surface area is 123 Å². The van der Waals surface area contributed by atoms with Gasteiger partial charge in [0.25, 0.3) is 0 Å². The van der Waals surface area contributed by atoms with Crippen LogP contribution in [0.25, 0.3) is 0 Å². The third kappa shape index (κ3) is 3.55. The van der Waals surface area contributed by atoms with E-state index in [0.717, 1.165) is 12.1 Å². The number of nitrogens with two attached hydrogens (primary N) is 1. The first-order valence-electron chi connectivity index (χ1n) is 6.05. The van der Waals surface area contributed by atoms with E-state index in [4.69, 9.17) is 10.5 Å². The number of hydrogen-bond donors (Lipinski definition) is 1. The summed E-state index contributed by atoms with van der Waals surface area (Å²) in [6, 6.07) is 5.18. The zero-order chi connectivity index (χ0) is 15.6. The van der Waals surface area contributed by atoms with Crippen LogP contribution >= 0.6 is 0 Å². The molecule has 0 saturated heterocycles. The summed E-state index contributed by atoms with van der Waals surface area (Å²) in [6.07, 6.45) is 0. The van der Waals surface area contributed by atoms with Crippen molar-refractivity contribution in [1.82, 2.24) is 4.98 Å². The maximum absolute atomic E-state index is 13.7. The van der Waals surface area contributed by atoms with Crippen LogP contribution in [0.2, 0.25) is 0 Å². The molecule has 0 radical (unpaired) electrons. The van der Waals surface area contributed by atoms with Gasteiger partial charge in [-0.3, -0.25) is 9.19 Å². The van der Waals surface area contributed by atoms with Gasteiger partial charge in [-0.2, -0.15) is 0 Å². The number of nitrogens with zero attached hydrogens (tertiary/aromatic N) is 1. The smallest absolute Gasteiger partial charge is 0.144 e. The number of anilines is 1. The lowest BCUT2D eigenvalue weighted by Gasteiger charge is -2.08. The van der Waals surface area contributed by atoms with Crippen LogP contribution in [0.15, 0.2) is 29.2 Å². The van der Waals surface area contributed by atoms with Crippen molar-refractivity contribution in [2.75, 3.05) is 12.8 Å². The van der Waals surface area contributed by atoms with Gasteiger partial charge in [-0.25, -0.2) is 8.78 Å². The third-order valence-corrected chi connectivity index (χ3v) is 4.15. The summed E-state index contributed by atoms with van der Waals surface area (Å²) >= 11 is 0. The molecule has 0 fully saturated rings. The molecular weight excluding hydrogens is 298 g/mol. The zero-order valence-corrected chi connectivity index (χ0v) is 12.3. The van der Waals surface area contributed by atoms with Crippen molar-refractivity contribution in [1.29, 1.82) is 0 Å². The summed E-state index contributed by atoms with van der Waals surface area (Å²) in [4.78, 5) is 3.69. The predicted octanol–water partition coefficient (Wildman–Crippen LogP) is 2.57. The highest BCUT2D eigenvalue weighted by Crippen LogP contribution is 2.23. The van der Waals surface area contributed by atoms with Crippen LogP contribution < -0.4 is 10.5 Å². The van der Waals surface area contributed by atoms with Crippen LogP contribution in [0.3, 0.4) is 0 Å². The Bertz CT molecular complexity index is 684. The summed E-state index contributed by atoms with van der Waals surface area (Å²) in [6.45, 7) is 1.75. The van der Waals surface area contributed by atoms with E-state index in [1.54, 1.807) is 19.1 Å². The fourth-order valence-electron chi connectivity index (χ4n) is 1.90. The van der Waals surface area contributed by atoms with E-state index in [1.807, 2.05) is 0 Å². The molecule has 0 spiro atoms.